The van der Waals surface area contributed by atoms with Gasteiger partial charge < -0.3 is 10.1 Å². The molecule has 0 radical (unpaired) electrons. The summed E-state index contributed by atoms with van der Waals surface area (Å²) in [7, 11) is 0. The highest BCUT2D eigenvalue weighted by molar-refractivity contribution is 6.33. The van der Waals surface area contributed by atoms with Crippen molar-refractivity contribution in [3.8, 4) is 0 Å². The standard InChI is InChI=1S/C7H4Cl2F2N2O2/c8-1-3-5(9)4(6(10)11)2-12-7(3)13(14)15/h2,6H,1H2. The summed E-state index contributed by atoms with van der Waals surface area (Å²) in [5.74, 6) is -0.942. The van der Waals surface area contributed by atoms with Crippen LogP contribution in [-0.2, 0) is 5.88 Å². The van der Waals surface area contributed by atoms with E-state index in [0.717, 1.165) is 0 Å². The summed E-state index contributed by atoms with van der Waals surface area (Å²) in [6, 6.07) is 0. The first-order chi connectivity index (χ1) is 6.99. The lowest BCUT2D eigenvalue weighted by Gasteiger charge is -2.05. The van der Waals surface area contributed by atoms with Gasteiger partial charge in [-0.2, -0.15) is 0 Å². The molecule has 82 valence electrons. The molecular formula is C7H4Cl2F2N2O2. The van der Waals surface area contributed by atoms with Gasteiger partial charge in [0.15, 0.2) is 6.20 Å². The second-order valence-corrected chi connectivity index (χ2v) is 3.17. The molecule has 0 aliphatic carbocycles. The monoisotopic (exact) mass is 256 g/mol. The van der Waals surface area contributed by atoms with Crippen LogP contribution in [0, 0.1) is 10.1 Å². The zero-order chi connectivity index (χ0) is 11.6. The molecule has 0 bridgehead atoms. The molecule has 0 fully saturated rings. The van der Waals surface area contributed by atoms with Gasteiger partial charge in [0.2, 0.25) is 0 Å². The predicted octanol–water partition coefficient (Wildman–Crippen LogP) is 3.32. The van der Waals surface area contributed by atoms with E-state index in [1.165, 1.54) is 0 Å². The Morgan fingerprint density at radius 3 is 2.60 bits per heavy atom. The van der Waals surface area contributed by atoms with E-state index in [9.17, 15) is 18.9 Å². The van der Waals surface area contributed by atoms with Crippen molar-refractivity contribution in [1.82, 2.24) is 4.98 Å². The van der Waals surface area contributed by atoms with E-state index in [-0.39, 0.29) is 11.4 Å². The number of aromatic nitrogens is 1. The number of alkyl halides is 3. The second-order valence-electron chi connectivity index (χ2n) is 2.52. The SMILES string of the molecule is O=[N+]([O-])c1ncc(C(F)F)c(Cl)c1CCl. The first-order valence-corrected chi connectivity index (χ1v) is 4.56. The molecule has 0 saturated heterocycles. The van der Waals surface area contributed by atoms with Gasteiger partial charge in [0.1, 0.15) is 0 Å². The maximum absolute atomic E-state index is 12.3. The van der Waals surface area contributed by atoms with Crippen LogP contribution in [0.5, 0.6) is 0 Å². The molecule has 0 aliphatic heterocycles. The third kappa shape index (κ3) is 2.32. The zero-order valence-corrected chi connectivity index (χ0v) is 8.60. The lowest BCUT2D eigenvalue weighted by molar-refractivity contribution is -0.390. The summed E-state index contributed by atoms with van der Waals surface area (Å²) in [4.78, 5) is 12.9. The van der Waals surface area contributed by atoms with E-state index in [2.05, 4.69) is 4.98 Å². The van der Waals surface area contributed by atoms with E-state index >= 15 is 0 Å². The van der Waals surface area contributed by atoms with E-state index in [1.807, 2.05) is 0 Å². The van der Waals surface area contributed by atoms with Gasteiger partial charge in [0, 0.05) is 0 Å². The van der Waals surface area contributed by atoms with Gasteiger partial charge >= 0.3 is 5.82 Å². The fourth-order valence-electron chi connectivity index (χ4n) is 0.966. The fraction of sp³-hybridized carbons (Fsp3) is 0.286. The van der Waals surface area contributed by atoms with Gasteiger partial charge in [0.25, 0.3) is 6.43 Å². The minimum atomic E-state index is -2.84. The smallest absolute Gasteiger partial charge is 0.358 e. The van der Waals surface area contributed by atoms with Crippen molar-refractivity contribution >= 4 is 29.0 Å². The minimum absolute atomic E-state index is 0.193. The first-order valence-electron chi connectivity index (χ1n) is 3.64. The van der Waals surface area contributed by atoms with E-state index in [1.54, 1.807) is 0 Å². The summed E-state index contributed by atoms with van der Waals surface area (Å²) in [6.07, 6.45) is -2.16. The molecule has 0 atom stereocenters. The van der Waals surface area contributed by atoms with E-state index in [4.69, 9.17) is 23.2 Å². The van der Waals surface area contributed by atoms with Crippen molar-refractivity contribution in [3.05, 3.63) is 32.5 Å². The van der Waals surface area contributed by atoms with Gasteiger partial charge in [-0.1, -0.05) is 11.6 Å². The van der Waals surface area contributed by atoms with Crippen LogP contribution in [-0.4, -0.2) is 9.91 Å². The van der Waals surface area contributed by atoms with Gasteiger partial charge in [-0.05, 0) is 9.91 Å². The third-order valence-electron chi connectivity index (χ3n) is 1.66. The summed E-state index contributed by atoms with van der Waals surface area (Å²) in [5, 5.41) is 10.1. The van der Waals surface area contributed by atoms with Crippen LogP contribution < -0.4 is 0 Å². The maximum atomic E-state index is 12.3. The van der Waals surface area contributed by atoms with Crippen molar-refractivity contribution in [3.63, 3.8) is 0 Å². The minimum Gasteiger partial charge on any atom is -0.358 e. The molecule has 0 aromatic carbocycles. The number of halogens is 4. The molecule has 0 amide bonds. The number of pyridine rings is 1. The topological polar surface area (TPSA) is 56.0 Å². The van der Waals surface area contributed by atoms with Crippen LogP contribution in [0.4, 0.5) is 14.6 Å². The molecule has 1 rings (SSSR count). The molecule has 8 heteroatoms. The molecule has 0 aliphatic rings. The highest BCUT2D eigenvalue weighted by Gasteiger charge is 2.25. The Hall–Kier alpha value is -1.01. The van der Waals surface area contributed by atoms with E-state index < -0.39 is 27.8 Å². The number of nitrogens with zero attached hydrogens (tertiary/aromatic N) is 2. The lowest BCUT2D eigenvalue weighted by atomic mass is 10.2. The molecule has 0 saturated carbocycles. The van der Waals surface area contributed by atoms with Crippen LogP contribution >= 0.6 is 23.2 Å². The fourth-order valence-corrected chi connectivity index (χ4v) is 1.57. The Bertz CT molecular complexity index is 401. The summed E-state index contributed by atoms with van der Waals surface area (Å²) in [5.41, 5.74) is -0.751. The largest absolute Gasteiger partial charge is 0.369 e. The average molecular weight is 257 g/mol. The van der Waals surface area contributed by atoms with Crippen LogP contribution in [0.2, 0.25) is 5.02 Å². The highest BCUT2D eigenvalue weighted by atomic mass is 35.5. The normalized spacial score (nSPS) is 10.7. The lowest BCUT2D eigenvalue weighted by Crippen LogP contribution is -2.01. The Kier molecular flexibility index (Phi) is 3.76. The van der Waals surface area contributed by atoms with Crippen molar-refractivity contribution in [1.29, 1.82) is 0 Å². The summed E-state index contributed by atoms with van der Waals surface area (Å²) >= 11 is 10.9. The summed E-state index contributed by atoms with van der Waals surface area (Å²) < 4.78 is 24.7. The quantitative estimate of drug-likeness (QED) is 0.474. The number of nitro groups is 1. The maximum Gasteiger partial charge on any atom is 0.369 e. The Morgan fingerprint density at radius 2 is 2.20 bits per heavy atom. The third-order valence-corrected chi connectivity index (χ3v) is 2.37. The van der Waals surface area contributed by atoms with Crippen molar-refractivity contribution in [2.24, 2.45) is 0 Å². The Labute approximate surface area is 93.0 Å². The average Bonchev–Trinajstić information content (AvgIpc) is 2.16. The van der Waals surface area contributed by atoms with Crippen LogP contribution in [0.15, 0.2) is 6.20 Å². The predicted molar refractivity (Wildman–Crippen MR) is 50.4 cm³/mol. The molecule has 4 nitrogen and oxygen atoms in total. The molecule has 1 aromatic rings. The molecule has 1 heterocycles. The van der Waals surface area contributed by atoms with Crippen LogP contribution in [0.3, 0.4) is 0 Å². The van der Waals surface area contributed by atoms with Crippen molar-refractivity contribution in [2.75, 3.05) is 0 Å². The number of hydrogen-bond donors (Lipinski definition) is 0. The number of rotatable bonds is 3. The molecule has 15 heavy (non-hydrogen) atoms. The molecule has 0 unspecified atom stereocenters. The van der Waals surface area contributed by atoms with Gasteiger partial charge in [-0.15, -0.1) is 11.6 Å². The first kappa shape index (κ1) is 12.1. The van der Waals surface area contributed by atoms with Gasteiger partial charge in [-0.25, -0.2) is 8.78 Å². The molecule has 0 N–H and O–H groups in total. The highest BCUT2D eigenvalue weighted by Crippen LogP contribution is 2.33. The summed E-state index contributed by atoms with van der Waals surface area (Å²) in [6.45, 7) is 0. The second kappa shape index (κ2) is 4.67. The zero-order valence-electron chi connectivity index (χ0n) is 7.08. The number of hydrogen-bond acceptors (Lipinski definition) is 3. The van der Waals surface area contributed by atoms with Gasteiger partial charge in [0.05, 0.1) is 22.0 Å². The van der Waals surface area contributed by atoms with Crippen molar-refractivity contribution in [2.45, 2.75) is 12.3 Å². The van der Waals surface area contributed by atoms with Gasteiger partial charge in [-0.3, -0.25) is 0 Å². The molecular weight excluding hydrogens is 253 g/mol. The molecule has 0 spiro atoms. The van der Waals surface area contributed by atoms with Crippen LogP contribution in [0.25, 0.3) is 0 Å². The van der Waals surface area contributed by atoms with Crippen LogP contribution in [0.1, 0.15) is 17.6 Å². The Balaban J connectivity index is 3.39. The molecule has 1 aromatic heterocycles. The van der Waals surface area contributed by atoms with E-state index in [0.29, 0.717) is 6.20 Å². The Morgan fingerprint density at radius 1 is 1.60 bits per heavy atom. The van der Waals surface area contributed by atoms with Crippen molar-refractivity contribution < 1.29 is 13.7 Å².